The van der Waals surface area contributed by atoms with E-state index in [2.05, 4.69) is 53.1 Å². The van der Waals surface area contributed by atoms with Crippen LogP contribution >= 0.6 is 0 Å². The van der Waals surface area contributed by atoms with Gasteiger partial charge >= 0.3 is 88.6 Å². The second-order valence-corrected chi connectivity index (χ2v) is 11.1. The van der Waals surface area contributed by atoms with E-state index in [1.165, 1.54) is 16.3 Å². The molecule has 0 N–H and O–H groups in total. The fraction of sp³-hybridized carbons (Fsp3) is 0.600. The zero-order chi connectivity index (χ0) is 9.35. The normalized spacial score (nSPS) is 18.4. The van der Waals surface area contributed by atoms with Crippen LogP contribution in [-0.2, 0) is 20.4 Å². The fourth-order valence-corrected chi connectivity index (χ4v) is 3.97. The number of allylic oxidation sites excluding steroid dienone is 4. The van der Waals surface area contributed by atoms with Gasteiger partial charge in [-0.15, -0.1) is 0 Å². The molecule has 0 atom stereocenters. The van der Waals surface area contributed by atoms with Gasteiger partial charge in [-0.2, -0.15) is 0 Å². The van der Waals surface area contributed by atoms with Crippen LogP contribution in [0.5, 0.6) is 0 Å². The van der Waals surface area contributed by atoms with Gasteiger partial charge in [0.1, 0.15) is 0 Å². The molecule has 0 aliphatic heterocycles. The van der Waals surface area contributed by atoms with E-state index in [0.29, 0.717) is 0 Å². The molecule has 0 fully saturated rings. The predicted molar refractivity (Wildman–Crippen MR) is 53.6 cm³/mol. The van der Waals surface area contributed by atoms with E-state index >= 15 is 0 Å². The summed E-state index contributed by atoms with van der Waals surface area (Å²) in [5.41, 5.74) is 3.27. The summed E-state index contributed by atoms with van der Waals surface area (Å²) in [5.74, 6) is 0. The molecular weight excluding hydrogens is 196 g/mol. The molecule has 0 unspecified atom stereocenters. The molecule has 2 heteroatoms. The van der Waals surface area contributed by atoms with Gasteiger partial charge in [0, 0.05) is 0 Å². The summed E-state index contributed by atoms with van der Waals surface area (Å²) in [7, 11) is -0.905. The summed E-state index contributed by atoms with van der Waals surface area (Å²) in [6.07, 6.45) is 3.57. The summed E-state index contributed by atoms with van der Waals surface area (Å²) in [6.45, 7) is 9.61. The zero-order valence-corrected chi connectivity index (χ0v) is 11.1. The molecule has 1 aliphatic rings. The third kappa shape index (κ3) is 2.72. The maximum atomic E-state index is 2.44. The second kappa shape index (κ2) is 3.65. The summed E-state index contributed by atoms with van der Waals surface area (Å²) >= 11 is 2.26. The Morgan fingerprint density at radius 3 is 2.33 bits per heavy atom. The summed E-state index contributed by atoms with van der Waals surface area (Å²) in [4.78, 5) is 0. The van der Waals surface area contributed by atoms with E-state index in [1.54, 1.807) is 11.1 Å². The molecule has 65 valence electrons. The Bertz CT molecular complexity index is 243. The van der Waals surface area contributed by atoms with Crippen LogP contribution in [0.25, 0.3) is 0 Å². The van der Waals surface area contributed by atoms with Crippen LogP contribution in [0.15, 0.2) is 21.1 Å². The van der Waals surface area contributed by atoms with Crippen molar-refractivity contribution < 1.29 is 20.4 Å². The van der Waals surface area contributed by atoms with Crippen molar-refractivity contribution in [2.24, 2.45) is 0 Å². The van der Waals surface area contributed by atoms with E-state index in [4.69, 9.17) is 0 Å². The van der Waals surface area contributed by atoms with Crippen LogP contribution in [0.2, 0.25) is 25.7 Å². The minimum atomic E-state index is -0.905. The number of hydrogen-bond acceptors (Lipinski definition) is 0. The van der Waals surface area contributed by atoms with Crippen molar-refractivity contribution in [2.75, 3.05) is 0 Å². The van der Waals surface area contributed by atoms with Crippen molar-refractivity contribution in [1.82, 2.24) is 0 Å². The van der Waals surface area contributed by atoms with Crippen molar-refractivity contribution in [2.45, 2.75) is 39.0 Å². The number of hydrogen-bond donors (Lipinski definition) is 0. The molecule has 1 aliphatic carbocycles. The predicted octanol–water partition coefficient (Wildman–Crippen LogP) is 3.48. The molecule has 0 saturated heterocycles. The Morgan fingerprint density at radius 2 is 2.00 bits per heavy atom. The molecule has 1 rings (SSSR count). The van der Waals surface area contributed by atoms with Crippen molar-refractivity contribution in [1.29, 1.82) is 0 Å². The van der Waals surface area contributed by atoms with E-state index in [-0.39, 0.29) is 0 Å². The van der Waals surface area contributed by atoms with Crippen LogP contribution in [0.3, 0.4) is 0 Å². The van der Waals surface area contributed by atoms with Crippen molar-refractivity contribution in [3.63, 3.8) is 0 Å². The van der Waals surface area contributed by atoms with Crippen LogP contribution in [0.1, 0.15) is 13.3 Å². The van der Waals surface area contributed by atoms with Crippen LogP contribution in [0, 0.1) is 0 Å². The Labute approximate surface area is 88.5 Å². The Balaban J connectivity index is 2.76. The van der Waals surface area contributed by atoms with E-state index < -0.39 is 8.07 Å². The third-order valence-electron chi connectivity index (χ3n) is 2.16. The molecule has 0 heterocycles. The minimum absolute atomic E-state index is 0.905. The van der Waals surface area contributed by atoms with Crippen molar-refractivity contribution in [3.8, 4) is 0 Å². The molecule has 0 saturated carbocycles. The molecule has 0 aromatic rings. The van der Waals surface area contributed by atoms with Gasteiger partial charge in [0.25, 0.3) is 0 Å². The molecule has 0 radical (unpaired) electrons. The number of rotatable bonds is 2. The average molecular weight is 213 g/mol. The topological polar surface area (TPSA) is 0 Å². The molecule has 0 aromatic carbocycles. The first-order chi connectivity index (χ1) is 5.40. The van der Waals surface area contributed by atoms with Gasteiger partial charge in [-0.05, 0) is 0 Å². The first-order valence-electron chi connectivity index (χ1n) is 4.51. The van der Waals surface area contributed by atoms with Gasteiger partial charge in [0.05, 0.1) is 0 Å². The standard InChI is InChI=1S/C10H17Si.Ti/c1-9-6-5-7-10(9)8-11(2,3)4;/h5H,6,8H2,1-4H3;. The molecule has 12 heavy (non-hydrogen) atoms. The van der Waals surface area contributed by atoms with E-state index in [0.717, 1.165) is 0 Å². The van der Waals surface area contributed by atoms with Gasteiger partial charge < -0.3 is 0 Å². The van der Waals surface area contributed by atoms with Crippen molar-refractivity contribution in [3.05, 3.63) is 21.1 Å². The van der Waals surface area contributed by atoms with E-state index in [1.807, 2.05) is 0 Å². The molecule has 0 amide bonds. The van der Waals surface area contributed by atoms with Gasteiger partial charge in [-0.1, -0.05) is 0 Å². The summed E-state index contributed by atoms with van der Waals surface area (Å²) in [6, 6.07) is 1.36. The summed E-state index contributed by atoms with van der Waals surface area (Å²) in [5, 5.41) is 0. The monoisotopic (exact) mass is 213 g/mol. The Kier molecular flexibility index (Phi) is 3.19. The molecule has 0 aromatic heterocycles. The first-order valence-corrected chi connectivity index (χ1v) is 9.00. The van der Waals surface area contributed by atoms with Gasteiger partial charge in [0.15, 0.2) is 0 Å². The van der Waals surface area contributed by atoms with Crippen LogP contribution in [0.4, 0.5) is 0 Å². The Morgan fingerprint density at radius 1 is 1.42 bits per heavy atom. The maximum absolute atomic E-state index is 2.44. The van der Waals surface area contributed by atoms with Gasteiger partial charge in [-0.3, -0.25) is 0 Å². The summed E-state index contributed by atoms with van der Waals surface area (Å²) < 4.78 is 1.54. The molecule has 0 nitrogen and oxygen atoms in total. The Hall–Kier alpha value is 0.411. The first kappa shape index (κ1) is 10.5. The SMILES string of the molecule is CC1=C(C[Si](C)(C)C)[C]([Ti])=CC1. The van der Waals surface area contributed by atoms with E-state index in [9.17, 15) is 0 Å². The van der Waals surface area contributed by atoms with Gasteiger partial charge in [0.2, 0.25) is 0 Å². The molecular formula is C10H17SiTi. The molecule has 0 bridgehead atoms. The average Bonchev–Trinajstić information content (AvgIpc) is 2.16. The second-order valence-electron chi connectivity index (χ2n) is 4.82. The van der Waals surface area contributed by atoms with Crippen LogP contribution in [-0.4, -0.2) is 8.07 Å². The van der Waals surface area contributed by atoms with Crippen molar-refractivity contribution >= 4 is 8.07 Å². The zero-order valence-electron chi connectivity index (χ0n) is 8.49. The molecule has 0 spiro atoms. The van der Waals surface area contributed by atoms with Crippen LogP contribution < -0.4 is 0 Å². The third-order valence-corrected chi connectivity index (χ3v) is 4.36. The van der Waals surface area contributed by atoms with Gasteiger partial charge in [-0.25, -0.2) is 0 Å². The fourth-order valence-electron chi connectivity index (χ4n) is 1.51. The quantitative estimate of drug-likeness (QED) is 0.616.